The number of nitrogens with one attached hydrogen (secondary N) is 1. The van der Waals surface area contributed by atoms with E-state index in [2.05, 4.69) is 15.2 Å². The molecule has 0 saturated carbocycles. The molecule has 2 saturated heterocycles. The smallest absolute Gasteiger partial charge is 0.291 e. The van der Waals surface area contributed by atoms with Crippen molar-refractivity contribution in [3.05, 3.63) is 24.3 Å². The summed E-state index contributed by atoms with van der Waals surface area (Å²) in [6.45, 7) is 1.46. The number of hydrogen-bond donors (Lipinski definition) is 1. The number of para-hydroxylation sites is 2. The number of carbonyl (C=O) groups is 1. The number of sulfone groups is 1. The van der Waals surface area contributed by atoms with Gasteiger partial charge in [0.05, 0.1) is 28.6 Å². The van der Waals surface area contributed by atoms with E-state index in [1.165, 1.54) is 4.57 Å². The zero-order valence-electron chi connectivity index (χ0n) is 16.3. The van der Waals surface area contributed by atoms with Gasteiger partial charge in [-0.25, -0.2) is 13.4 Å². The normalized spacial score (nSPS) is 24.5. The molecule has 0 bridgehead atoms. The van der Waals surface area contributed by atoms with E-state index in [1.54, 1.807) is 24.3 Å². The summed E-state index contributed by atoms with van der Waals surface area (Å²) in [5, 5.41) is 2.92. The van der Waals surface area contributed by atoms with Gasteiger partial charge in [0.1, 0.15) is 6.54 Å². The zero-order valence-corrected chi connectivity index (χ0v) is 18.0. The van der Waals surface area contributed by atoms with Crippen LogP contribution >= 0.6 is 11.8 Å². The average molecular weight is 459 g/mol. The summed E-state index contributed by atoms with van der Waals surface area (Å²) in [7, 11) is -3.24. The van der Waals surface area contributed by atoms with E-state index in [0.29, 0.717) is 22.8 Å². The molecule has 1 amide bonds. The van der Waals surface area contributed by atoms with Gasteiger partial charge in [-0.1, -0.05) is 18.6 Å². The Morgan fingerprint density at radius 3 is 2.67 bits per heavy atom. The molecular weight excluding hydrogens is 434 g/mol. The molecule has 0 radical (unpaired) electrons. The molecule has 1 aromatic carbocycles. The molecular formula is C19H24F2N4O3S2. The molecule has 0 aliphatic carbocycles. The molecule has 3 heterocycles. The highest BCUT2D eigenvalue weighted by atomic mass is 32.2. The van der Waals surface area contributed by atoms with Crippen LogP contribution in [0.1, 0.15) is 19.3 Å². The summed E-state index contributed by atoms with van der Waals surface area (Å²) in [6.07, 6.45) is 3.17. The van der Waals surface area contributed by atoms with E-state index in [1.807, 2.05) is 0 Å². The fourth-order valence-corrected chi connectivity index (χ4v) is 6.90. The molecule has 0 spiro atoms. The van der Waals surface area contributed by atoms with Crippen LogP contribution in [0.4, 0.5) is 8.78 Å². The summed E-state index contributed by atoms with van der Waals surface area (Å²) in [5.41, 5.74) is 1.12. The fourth-order valence-electron chi connectivity index (χ4n) is 4.35. The molecule has 30 heavy (non-hydrogen) atoms. The Labute approximate surface area is 178 Å². The van der Waals surface area contributed by atoms with Crippen molar-refractivity contribution in [3.63, 3.8) is 0 Å². The second-order valence-corrected chi connectivity index (χ2v) is 10.9. The first-order valence-electron chi connectivity index (χ1n) is 9.96. The van der Waals surface area contributed by atoms with Crippen molar-refractivity contribution in [2.75, 3.05) is 24.6 Å². The lowest BCUT2D eigenvalue weighted by Crippen LogP contribution is -2.53. The van der Waals surface area contributed by atoms with Gasteiger partial charge in [0.2, 0.25) is 5.91 Å². The molecule has 1 N–H and O–H groups in total. The van der Waals surface area contributed by atoms with Crippen LogP contribution in [0.15, 0.2) is 29.4 Å². The number of benzene rings is 1. The minimum absolute atomic E-state index is 0.0401. The van der Waals surface area contributed by atoms with Gasteiger partial charge in [0.15, 0.2) is 15.0 Å². The number of aromatic nitrogens is 2. The van der Waals surface area contributed by atoms with E-state index in [0.717, 1.165) is 32.4 Å². The number of hydrogen-bond acceptors (Lipinski definition) is 6. The van der Waals surface area contributed by atoms with E-state index in [4.69, 9.17) is 0 Å². The van der Waals surface area contributed by atoms with Crippen LogP contribution in [0, 0.1) is 0 Å². The molecule has 2 fully saturated rings. The Hall–Kier alpha value is -1.72. The number of likely N-dealkylation sites (tertiary alicyclic amines) is 1. The van der Waals surface area contributed by atoms with Crippen LogP contribution < -0.4 is 5.32 Å². The Balaban J connectivity index is 1.52. The topological polar surface area (TPSA) is 84.3 Å². The molecule has 164 valence electrons. The number of piperidine rings is 1. The highest BCUT2D eigenvalue weighted by molar-refractivity contribution is 7.99. The maximum absolute atomic E-state index is 13.0. The van der Waals surface area contributed by atoms with Crippen LogP contribution in [0.2, 0.25) is 0 Å². The lowest BCUT2D eigenvalue weighted by molar-refractivity contribution is -0.122. The summed E-state index contributed by atoms with van der Waals surface area (Å²) in [6, 6.07) is 6.20. The lowest BCUT2D eigenvalue weighted by atomic mass is 10.0. The zero-order chi connectivity index (χ0) is 21.3. The van der Waals surface area contributed by atoms with Crippen LogP contribution in [-0.2, 0) is 21.2 Å². The Morgan fingerprint density at radius 2 is 1.93 bits per heavy atom. The number of imidazole rings is 1. The molecule has 1 aromatic heterocycles. The summed E-state index contributed by atoms with van der Waals surface area (Å²) >= 11 is 0.293. The molecule has 2 aliphatic heterocycles. The Bertz CT molecular complexity index is 1020. The van der Waals surface area contributed by atoms with Crippen molar-refractivity contribution in [2.45, 2.75) is 48.8 Å². The van der Waals surface area contributed by atoms with Crippen molar-refractivity contribution in [3.8, 4) is 0 Å². The molecule has 11 heteroatoms. The standard InChI is InChI=1S/C19H24F2N4O3S2/c20-18(21)29-19-23-13-6-2-3-7-15(13)25(19)10-17(26)22-14-11-30(27,28)12-16(14)24-8-4-1-5-9-24/h2-3,6-7,14,16,18H,1,4-5,8-12H2,(H,22,26)/t14-,16-/m0/s1. The number of thioether (sulfide) groups is 1. The van der Waals surface area contributed by atoms with Crippen LogP contribution in [0.3, 0.4) is 0 Å². The summed E-state index contributed by atoms with van der Waals surface area (Å²) < 4.78 is 51.9. The van der Waals surface area contributed by atoms with Gasteiger partial charge in [-0.3, -0.25) is 9.69 Å². The predicted octanol–water partition coefficient (Wildman–Crippen LogP) is 2.12. The second-order valence-electron chi connectivity index (χ2n) is 7.76. The number of alkyl halides is 2. The Kier molecular flexibility index (Phi) is 6.31. The quantitative estimate of drug-likeness (QED) is 0.668. The second kappa shape index (κ2) is 8.80. The monoisotopic (exact) mass is 458 g/mol. The van der Waals surface area contributed by atoms with Gasteiger partial charge >= 0.3 is 0 Å². The SMILES string of the molecule is O=C(Cn1c(SC(F)F)nc2ccccc21)N[C@H]1CS(=O)(=O)C[C@@H]1N1CCCCC1. The average Bonchev–Trinajstić information content (AvgIpc) is 3.18. The molecule has 7 nitrogen and oxygen atoms in total. The first-order chi connectivity index (χ1) is 14.3. The minimum Gasteiger partial charge on any atom is -0.349 e. The summed E-state index contributed by atoms with van der Waals surface area (Å²) in [5.74, 6) is -3.12. The van der Waals surface area contributed by atoms with E-state index in [-0.39, 0.29) is 29.2 Å². The van der Waals surface area contributed by atoms with Crippen LogP contribution in [-0.4, -0.2) is 71.2 Å². The maximum Gasteiger partial charge on any atom is 0.291 e. The van der Waals surface area contributed by atoms with Crippen molar-refractivity contribution >= 4 is 38.5 Å². The number of rotatable bonds is 6. The molecule has 2 atom stereocenters. The van der Waals surface area contributed by atoms with Gasteiger partial charge in [-0.15, -0.1) is 0 Å². The molecule has 2 aromatic rings. The lowest BCUT2D eigenvalue weighted by Gasteiger charge is -2.35. The number of carbonyl (C=O) groups excluding carboxylic acids is 1. The number of fused-ring (bicyclic) bond motifs is 1. The minimum atomic E-state index is -3.24. The molecule has 0 unspecified atom stereocenters. The number of amides is 1. The first kappa shape index (κ1) is 21.5. The molecule has 2 aliphatic rings. The third-order valence-corrected chi connectivity index (χ3v) is 8.06. The highest BCUT2D eigenvalue weighted by Crippen LogP contribution is 2.28. The van der Waals surface area contributed by atoms with Crippen molar-refractivity contribution in [1.29, 1.82) is 0 Å². The van der Waals surface area contributed by atoms with Gasteiger partial charge < -0.3 is 9.88 Å². The van der Waals surface area contributed by atoms with E-state index < -0.39 is 27.5 Å². The maximum atomic E-state index is 13.0. The largest absolute Gasteiger partial charge is 0.349 e. The third kappa shape index (κ3) is 4.78. The predicted molar refractivity (Wildman–Crippen MR) is 111 cm³/mol. The highest BCUT2D eigenvalue weighted by Gasteiger charge is 2.42. The number of nitrogens with zero attached hydrogens (tertiary/aromatic N) is 3. The van der Waals surface area contributed by atoms with Gasteiger partial charge in [-0.05, 0) is 49.8 Å². The van der Waals surface area contributed by atoms with Crippen LogP contribution in [0.25, 0.3) is 11.0 Å². The first-order valence-corrected chi connectivity index (χ1v) is 12.7. The van der Waals surface area contributed by atoms with Gasteiger partial charge in [0, 0.05) is 6.04 Å². The third-order valence-electron chi connectivity index (χ3n) is 5.64. The fraction of sp³-hybridized carbons (Fsp3) is 0.579. The van der Waals surface area contributed by atoms with Gasteiger partial charge in [-0.2, -0.15) is 8.78 Å². The van der Waals surface area contributed by atoms with Crippen molar-refractivity contribution in [1.82, 2.24) is 19.8 Å². The van der Waals surface area contributed by atoms with E-state index in [9.17, 15) is 22.0 Å². The summed E-state index contributed by atoms with van der Waals surface area (Å²) in [4.78, 5) is 19.2. The number of halogens is 2. The Morgan fingerprint density at radius 1 is 1.20 bits per heavy atom. The van der Waals surface area contributed by atoms with Crippen molar-refractivity contribution in [2.24, 2.45) is 0 Å². The molecule has 4 rings (SSSR count). The van der Waals surface area contributed by atoms with E-state index >= 15 is 0 Å². The van der Waals surface area contributed by atoms with Gasteiger partial charge in [0.25, 0.3) is 5.76 Å². The van der Waals surface area contributed by atoms with Crippen LogP contribution in [0.5, 0.6) is 0 Å². The van der Waals surface area contributed by atoms with Crippen molar-refractivity contribution < 1.29 is 22.0 Å².